The molecule has 1 aromatic heterocycles. The van der Waals surface area contributed by atoms with Crippen LogP contribution in [0.25, 0.3) is 0 Å². The van der Waals surface area contributed by atoms with Gasteiger partial charge in [-0.15, -0.1) is 0 Å². The van der Waals surface area contributed by atoms with Crippen molar-refractivity contribution < 1.29 is 14.0 Å². The highest BCUT2D eigenvalue weighted by molar-refractivity contribution is 6.05. The van der Waals surface area contributed by atoms with Crippen molar-refractivity contribution in [2.75, 3.05) is 5.32 Å². The first-order valence-corrected chi connectivity index (χ1v) is 6.79. The van der Waals surface area contributed by atoms with Gasteiger partial charge in [0.1, 0.15) is 11.5 Å². The number of carbonyl (C=O) groups excluding carboxylic acids is 2. The van der Waals surface area contributed by atoms with Crippen molar-refractivity contribution >= 4 is 17.5 Å². The number of carbonyl (C=O) groups is 2. The number of pyridine rings is 1. The van der Waals surface area contributed by atoms with Crippen molar-refractivity contribution in [2.24, 2.45) is 0 Å². The summed E-state index contributed by atoms with van der Waals surface area (Å²) in [5, 5.41) is 5.33. The van der Waals surface area contributed by atoms with Gasteiger partial charge in [-0.25, -0.2) is 4.39 Å². The van der Waals surface area contributed by atoms with Crippen molar-refractivity contribution in [1.82, 2.24) is 10.3 Å². The third kappa shape index (κ3) is 4.12. The molecule has 5 nitrogen and oxygen atoms in total. The molecule has 0 bridgehead atoms. The van der Waals surface area contributed by atoms with E-state index >= 15 is 0 Å². The summed E-state index contributed by atoms with van der Waals surface area (Å²) in [5.74, 6) is -1.12. The SMILES string of the molecule is CC(C)NC(=O)c1cc(C(=O)Nc2ccc(F)cc2)ccn1. The molecule has 0 saturated carbocycles. The molecule has 114 valence electrons. The van der Waals surface area contributed by atoms with Crippen molar-refractivity contribution in [3.63, 3.8) is 0 Å². The molecule has 1 heterocycles. The third-order valence-electron chi connectivity index (χ3n) is 2.78. The lowest BCUT2D eigenvalue weighted by molar-refractivity contribution is 0.0938. The van der Waals surface area contributed by atoms with Crippen LogP contribution < -0.4 is 10.6 Å². The van der Waals surface area contributed by atoms with Gasteiger partial charge in [0.05, 0.1) is 0 Å². The predicted molar refractivity (Wildman–Crippen MR) is 81.2 cm³/mol. The maximum absolute atomic E-state index is 12.8. The van der Waals surface area contributed by atoms with Crippen LogP contribution in [0.3, 0.4) is 0 Å². The van der Waals surface area contributed by atoms with Crippen LogP contribution in [0.5, 0.6) is 0 Å². The average molecular weight is 301 g/mol. The largest absolute Gasteiger partial charge is 0.349 e. The first kappa shape index (κ1) is 15.6. The Labute approximate surface area is 127 Å². The van der Waals surface area contributed by atoms with E-state index in [-0.39, 0.29) is 23.5 Å². The molecule has 0 aliphatic rings. The van der Waals surface area contributed by atoms with E-state index in [1.54, 1.807) is 0 Å². The number of halogens is 1. The lowest BCUT2D eigenvalue weighted by Crippen LogP contribution is -2.31. The molecule has 1 aromatic carbocycles. The van der Waals surface area contributed by atoms with Gasteiger partial charge in [0.2, 0.25) is 0 Å². The number of rotatable bonds is 4. The van der Waals surface area contributed by atoms with Crippen LogP contribution in [0, 0.1) is 5.82 Å². The summed E-state index contributed by atoms with van der Waals surface area (Å²) in [7, 11) is 0. The Morgan fingerprint density at radius 3 is 2.41 bits per heavy atom. The van der Waals surface area contributed by atoms with E-state index in [4.69, 9.17) is 0 Å². The Balaban J connectivity index is 2.13. The average Bonchev–Trinajstić information content (AvgIpc) is 2.49. The Hall–Kier alpha value is -2.76. The summed E-state index contributed by atoms with van der Waals surface area (Å²) < 4.78 is 12.8. The first-order valence-electron chi connectivity index (χ1n) is 6.79. The third-order valence-corrected chi connectivity index (χ3v) is 2.78. The van der Waals surface area contributed by atoms with Crippen molar-refractivity contribution in [2.45, 2.75) is 19.9 Å². The predicted octanol–water partition coefficient (Wildman–Crippen LogP) is 2.61. The second-order valence-corrected chi connectivity index (χ2v) is 5.02. The fourth-order valence-corrected chi connectivity index (χ4v) is 1.77. The topological polar surface area (TPSA) is 71.1 Å². The van der Waals surface area contributed by atoms with E-state index in [1.807, 2.05) is 13.8 Å². The summed E-state index contributed by atoms with van der Waals surface area (Å²) in [5.41, 5.74) is 0.935. The lowest BCUT2D eigenvalue weighted by Gasteiger charge is -2.09. The molecule has 22 heavy (non-hydrogen) atoms. The molecule has 0 aliphatic carbocycles. The molecule has 2 rings (SSSR count). The van der Waals surface area contributed by atoms with Gasteiger partial charge in [-0.05, 0) is 50.2 Å². The van der Waals surface area contributed by atoms with Crippen molar-refractivity contribution in [3.05, 3.63) is 59.7 Å². The number of aromatic nitrogens is 1. The number of benzene rings is 1. The number of hydrogen-bond acceptors (Lipinski definition) is 3. The second kappa shape index (κ2) is 6.80. The summed E-state index contributed by atoms with van der Waals surface area (Å²) in [6, 6.07) is 8.32. The van der Waals surface area contributed by atoms with E-state index < -0.39 is 5.91 Å². The molecule has 2 N–H and O–H groups in total. The van der Waals surface area contributed by atoms with E-state index in [2.05, 4.69) is 15.6 Å². The zero-order chi connectivity index (χ0) is 16.1. The molecule has 0 aliphatic heterocycles. The highest BCUT2D eigenvalue weighted by Crippen LogP contribution is 2.11. The Kier molecular flexibility index (Phi) is 4.83. The second-order valence-electron chi connectivity index (χ2n) is 5.02. The van der Waals surface area contributed by atoms with E-state index in [1.165, 1.54) is 42.6 Å². The molecule has 0 spiro atoms. The minimum Gasteiger partial charge on any atom is -0.349 e. The van der Waals surface area contributed by atoms with Gasteiger partial charge in [-0.2, -0.15) is 0 Å². The Morgan fingerprint density at radius 2 is 1.77 bits per heavy atom. The minimum absolute atomic E-state index is 0.0222. The first-order chi connectivity index (χ1) is 10.5. The molecule has 2 amide bonds. The number of amides is 2. The van der Waals surface area contributed by atoms with Crippen LogP contribution >= 0.6 is 0 Å². The van der Waals surface area contributed by atoms with Gasteiger partial charge in [0.25, 0.3) is 11.8 Å². The van der Waals surface area contributed by atoms with Crippen LogP contribution in [0.1, 0.15) is 34.7 Å². The van der Waals surface area contributed by atoms with Crippen LogP contribution in [0.2, 0.25) is 0 Å². The molecular formula is C16H16FN3O2. The molecule has 6 heteroatoms. The number of nitrogens with one attached hydrogen (secondary N) is 2. The van der Waals surface area contributed by atoms with E-state index in [0.29, 0.717) is 11.3 Å². The summed E-state index contributed by atoms with van der Waals surface area (Å²) in [6.07, 6.45) is 1.40. The summed E-state index contributed by atoms with van der Waals surface area (Å²) in [4.78, 5) is 28.0. The van der Waals surface area contributed by atoms with Gasteiger partial charge in [-0.1, -0.05) is 0 Å². The number of anilines is 1. The highest BCUT2D eigenvalue weighted by atomic mass is 19.1. The monoisotopic (exact) mass is 301 g/mol. The van der Waals surface area contributed by atoms with Crippen LogP contribution in [-0.2, 0) is 0 Å². The summed E-state index contributed by atoms with van der Waals surface area (Å²) in [6.45, 7) is 3.67. The number of hydrogen-bond donors (Lipinski definition) is 2. The van der Waals surface area contributed by atoms with Gasteiger partial charge < -0.3 is 10.6 Å². The minimum atomic E-state index is -0.396. The normalized spacial score (nSPS) is 10.4. The molecular weight excluding hydrogens is 285 g/mol. The van der Waals surface area contributed by atoms with Gasteiger partial charge in [0, 0.05) is 23.5 Å². The summed E-state index contributed by atoms with van der Waals surface area (Å²) >= 11 is 0. The standard InChI is InChI=1S/C16H16FN3O2/c1-10(2)19-16(22)14-9-11(7-8-18-14)15(21)20-13-5-3-12(17)4-6-13/h3-10H,1-2H3,(H,19,22)(H,20,21). The van der Waals surface area contributed by atoms with Crippen LogP contribution in [0.15, 0.2) is 42.6 Å². The van der Waals surface area contributed by atoms with Gasteiger partial charge >= 0.3 is 0 Å². The van der Waals surface area contributed by atoms with Crippen LogP contribution in [-0.4, -0.2) is 22.8 Å². The van der Waals surface area contributed by atoms with Crippen LogP contribution in [0.4, 0.5) is 10.1 Å². The zero-order valence-corrected chi connectivity index (χ0v) is 12.3. The molecule has 0 fully saturated rings. The molecule has 0 saturated heterocycles. The van der Waals surface area contributed by atoms with E-state index in [9.17, 15) is 14.0 Å². The maximum Gasteiger partial charge on any atom is 0.270 e. The molecule has 2 aromatic rings. The molecule has 0 atom stereocenters. The molecule has 0 radical (unpaired) electrons. The fraction of sp³-hybridized carbons (Fsp3) is 0.188. The molecule has 0 unspecified atom stereocenters. The van der Waals surface area contributed by atoms with Crippen molar-refractivity contribution in [3.8, 4) is 0 Å². The Bertz CT molecular complexity index is 684. The lowest BCUT2D eigenvalue weighted by atomic mass is 10.2. The fourth-order valence-electron chi connectivity index (χ4n) is 1.77. The van der Waals surface area contributed by atoms with Crippen molar-refractivity contribution in [1.29, 1.82) is 0 Å². The zero-order valence-electron chi connectivity index (χ0n) is 12.3. The van der Waals surface area contributed by atoms with Gasteiger partial charge in [0.15, 0.2) is 0 Å². The quantitative estimate of drug-likeness (QED) is 0.912. The van der Waals surface area contributed by atoms with E-state index in [0.717, 1.165) is 0 Å². The van der Waals surface area contributed by atoms with Gasteiger partial charge in [-0.3, -0.25) is 14.6 Å². The Morgan fingerprint density at radius 1 is 1.09 bits per heavy atom. The number of nitrogens with zero attached hydrogens (tertiary/aromatic N) is 1. The highest BCUT2D eigenvalue weighted by Gasteiger charge is 2.12. The smallest absolute Gasteiger partial charge is 0.270 e. The maximum atomic E-state index is 12.8.